The van der Waals surface area contributed by atoms with E-state index in [-0.39, 0.29) is 17.8 Å². The Morgan fingerprint density at radius 2 is 2.09 bits per heavy atom. The Hall–Kier alpha value is -2.41. The van der Waals surface area contributed by atoms with E-state index in [1.54, 1.807) is 12.1 Å². The number of rotatable bonds is 4. The van der Waals surface area contributed by atoms with Crippen molar-refractivity contribution in [1.29, 1.82) is 0 Å². The zero-order chi connectivity index (χ0) is 15.5. The van der Waals surface area contributed by atoms with Crippen LogP contribution in [-0.2, 0) is 0 Å². The second-order valence-electron chi connectivity index (χ2n) is 5.46. The van der Waals surface area contributed by atoms with Gasteiger partial charge in [-0.1, -0.05) is 35.5 Å². The van der Waals surface area contributed by atoms with E-state index in [0.717, 1.165) is 12.8 Å². The second-order valence-corrected chi connectivity index (χ2v) is 5.46. The van der Waals surface area contributed by atoms with Crippen molar-refractivity contribution < 1.29 is 19.5 Å². The van der Waals surface area contributed by atoms with E-state index in [0.29, 0.717) is 17.9 Å². The molecular weight excluding hydrogens is 286 g/mol. The summed E-state index contributed by atoms with van der Waals surface area (Å²) in [5.74, 6) is 0.719. The normalized spacial score (nSPS) is 22.4. The first kappa shape index (κ1) is 14.5. The summed E-state index contributed by atoms with van der Waals surface area (Å²) in [5, 5.41) is 25.3. The van der Waals surface area contributed by atoms with Crippen LogP contribution in [0, 0.1) is 0 Å². The van der Waals surface area contributed by atoms with Gasteiger partial charge in [-0.05, 0) is 24.8 Å². The zero-order valence-electron chi connectivity index (χ0n) is 11.8. The molecule has 1 aliphatic carbocycles. The van der Waals surface area contributed by atoms with Gasteiger partial charge in [0.15, 0.2) is 0 Å². The molecule has 3 rings (SSSR count). The Kier molecular flexibility index (Phi) is 4.06. The fourth-order valence-corrected chi connectivity index (χ4v) is 2.82. The van der Waals surface area contributed by atoms with Crippen molar-refractivity contribution in [3.8, 4) is 0 Å². The summed E-state index contributed by atoms with van der Waals surface area (Å²) in [5.41, 5.74) is 0.701. The first-order valence-corrected chi connectivity index (χ1v) is 7.19. The number of amides is 1. The molecular formula is C15H17N3O4. The van der Waals surface area contributed by atoms with E-state index in [9.17, 15) is 9.90 Å². The molecule has 1 aliphatic rings. The van der Waals surface area contributed by atoms with E-state index in [2.05, 4.69) is 15.5 Å². The maximum atomic E-state index is 10.7. The van der Waals surface area contributed by atoms with Crippen molar-refractivity contribution in [1.82, 2.24) is 15.5 Å². The predicted molar refractivity (Wildman–Crippen MR) is 76.3 cm³/mol. The molecule has 1 fully saturated rings. The summed E-state index contributed by atoms with van der Waals surface area (Å²) >= 11 is 0. The van der Waals surface area contributed by atoms with E-state index < -0.39 is 12.2 Å². The number of hydrogen-bond donors (Lipinski definition) is 3. The van der Waals surface area contributed by atoms with Crippen LogP contribution in [0.2, 0.25) is 0 Å². The molecule has 7 nitrogen and oxygen atoms in total. The Balaban J connectivity index is 1.68. The Morgan fingerprint density at radius 1 is 1.32 bits per heavy atom. The van der Waals surface area contributed by atoms with Crippen molar-refractivity contribution in [2.24, 2.45) is 0 Å². The molecule has 1 unspecified atom stereocenters. The molecule has 0 aliphatic heterocycles. The molecule has 1 amide bonds. The van der Waals surface area contributed by atoms with Crippen molar-refractivity contribution in [2.45, 2.75) is 37.3 Å². The number of aliphatic hydroxyl groups excluding tert-OH is 1. The molecule has 0 spiro atoms. The molecule has 0 bridgehead atoms. The minimum atomic E-state index is -1.02. The number of nitrogens with zero attached hydrogens (tertiary/aromatic N) is 2. The van der Waals surface area contributed by atoms with Gasteiger partial charge >= 0.3 is 6.09 Å². The van der Waals surface area contributed by atoms with Gasteiger partial charge in [-0.25, -0.2) is 4.79 Å². The second kappa shape index (κ2) is 6.15. The van der Waals surface area contributed by atoms with Crippen molar-refractivity contribution in [2.75, 3.05) is 0 Å². The summed E-state index contributed by atoms with van der Waals surface area (Å²) in [4.78, 5) is 14.9. The molecule has 1 heterocycles. The third kappa shape index (κ3) is 3.09. The standard InChI is InChI=1S/C15H17N3O4/c19-12(9-4-2-1-3-5-9)13-17-14(22-18-13)10-6-7-11(8-10)16-15(20)21/h1-5,10-12,16,19H,6-8H2,(H,20,21)/t10-,11-,12?/m0/s1. The van der Waals surface area contributed by atoms with Gasteiger partial charge in [0.25, 0.3) is 0 Å². The quantitative estimate of drug-likeness (QED) is 0.797. The van der Waals surface area contributed by atoms with Gasteiger partial charge in [-0.15, -0.1) is 0 Å². The molecule has 3 atom stereocenters. The third-order valence-corrected chi connectivity index (χ3v) is 3.93. The number of benzene rings is 1. The number of aromatic nitrogens is 2. The third-order valence-electron chi connectivity index (χ3n) is 3.93. The Bertz CT molecular complexity index is 643. The number of carboxylic acid groups (broad SMARTS) is 1. The number of aliphatic hydroxyl groups is 1. The van der Waals surface area contributed by atoms with Crippen LogP contribution in [0.25, 0.3) is 0 Å². The van der Waals surface area contributed by atoms with Gasteiger partial charge in [0.2, 0.25) is 11.7 Å². The summed E-state index contributed by atoms with van der Waals surface area (Å²) in [7, 11) is 0. The fraction of sp³-hybridized carbons (Fsp3) is 0.400. The minimum absolute atomic E-state index is 0.0288. The molecule has 1 aromatic carbocycles. The largest absolute Gasteiger partial charge is 0.465 e. The van der Waals surface area contributed by atoms with Gasteiger partial charge in [0.1, 0.15) is 6.10 Å². The van der Waals surface area contributed by atoms with E-state index in [1.165, 1.54) is 0 Å². The van der Waals surface area contributed by atoms with E-state index >= 15 is 0 Å². The van der Waals surface area contributed by atoms with Crippen LogP contribution in [-0.4, -0.2) is 32.5 Å². The minimum Gasteiger partial charge on any atom is -0.465 e. The highest BCUT2D eigenvalue weighted by Crippen LogP contribution is 2.34. The Labute approximate surface area is 127 Å². The number of hydrogen-bond acceptors (Lipinski definition) is 5. The Morgan fingerprint density at radius 3 is 2.82 bits per heavy atom. The summed E-state index contributed by atoms with van der Waals surface area (Å²) in [6.07, 6.45) is 0.226. The first-order valence-electron chi connectivity index (χ1n) is 7.19. The number of carbonyl (C=O) groups is 1. The molecule has 22 heavy (non-hydrogen) atoms. The van der Waals surface area contributed by atoms with Crippen molar-refractivity contribution in [3.05, 3.63) is 47.6 Å². The first-order chi connectivity index (χ1) is 10.6. The maximum absolute atomic E-state index is 10.7. The lowest BCUT2D eigenvalue weighted by molar-refractivity contribution is 0.189. The van der Waals surface area contributed by atoms with Gasteiger partial charge < -0.3 is 20.1 Å². The van der Waals surface area contributed by atoms with Crippen molar-refractivity contribution in [3.63, 3.8) is 0 Å². The molecule has 7 heteroatoms. The lowest BCUT2D eigenvalue weighted by atomic mass is 10.1. The number of nitrogens with one attached hydrogen (secondary N) is 1. The monoisotopic (exact) mass is 303 g/mol. The van der Waals surface area contributed by atoms with Crippen LogP contribution in [0.5, 0.6) is 0 Å². The molecule has 116 valence electrons. The highest BCUT2D eigenvalue weighted by molar-refractivity contribution is 5.64. The van der Waals surface area contributed by atoms with Crippen LogP contribution < -0.4 is 5.32 Å². The molecule has 1 saturated carbocycles. The van der Waals surface area contributed by atoms with Crippen LogP contribution >= 0.6 is 0 Å². The van der Waals surface area contributed by atoms with Crippen LogP contribution in [0.1, 0.15) is 48.6 Å². The topological polar surface area (TPSA) is 108 Å². The highest BCUT2D eigenvalue weighted by atomic mass is 16.5. The van der Waals surface area contributed by atoms with Crippen LogP contribution in [0.3, 0.4) is 0 Å². The molecule has 3 N–H and O–H groups in total. The summed E-state index contributed by atoms with van der Waals surface area (Å²) in [6.45, 7) is 0. The summed E-state index contributed by atoms with van der Waals surface area (Å²) in [6, 6.07) is 9.03. The lowest BCUT2D eigenvalue weighted by Gasteiger charge is -2.08. The zero-order valence-corrected chi connectivity index (χ0v) is 11.8. The van der Waals surface area contributed by atoms with Gasteiger partial charge in [0, 0.05) is 12.0 Å². The van der Waals surface area contributed by atoms with E-state index in [1.807, 2.05) is 18.2 Å². The van der Waals surface area contributed by atoms with Crippen LogP contribution in [0.4, 0.5) is 4.79 Å². The van der Waals surface area contributed by atoms with Gasteiger partial charge in [-0.3, -0.25) is 0 Å². The summed E-state index contributed by atoms with van der Waals surface area (Å²) < 4.78 is 5.25. The molecule has 1 aromatic heterocycles. The smallest absolute Gasteiger partial charge is 0.404 e. The SMILES string of the molecule is O=C(O)N[C@H]1CC[C@H](c2nc(C(O)c3ccccc3)no2)C1. The van der Waals surface area contributed by atoms with Crippen LogP contribution in [0.15, 0.2) is 34.9 Å². The molecule has 0 radical (unpaired) electrons. The average molecular weight is 303 g/mol. The average Bonchev–Trinajstić information content (AvgIpc) is 3.15. The molecule has 0 saturated heterocycles. The van der Waals surface area contributed by atoms with E-state index in [4.69, 9.17) is 9.63 Å². The van der Waals surface area contributed by atoms with Crippen molar-refractivity contribution >= 4 is 6.09 Å². The highest BCUT2D eigenvalue weighted by Gasteiger charge is 2.31. The fourth-order valence-electron chi connectivity index (χ4n) is 2.82. The van der Waals surface area contributed by atoms with Gasteiger partial charge in [0.05, 0.1) is 0 Å². The van der Waals surface area contributed by atoms with Gasteiger partial charge in [-0.2, -0.15) is 4.98 Å². The lowest BCUT2D eigenvalue weighted by Crippen LogP contribution is -2.31. The maximum Gasteiger partial charge on any atom is 0.404 e. The molecule has 2 aromatic rings. The predicted octanol–water partition coefficient (Wildman–Crippen LogP) is 2.05.